The molecule has 0 saturated carbocycles. The molecule has 8 aromatic rings. The van der Waals surface area contributed by atoms with E-state index in [0.717, 1.165) is 55.3 Å². The van der Waals surface area contributed by atoms with E-state index in [-0.39, 0.29) is 0 Å². The van der Waals surface area contributed by atoms with Gasteiger partial charge in [0.2, 0.25) is 5.89 Å². The fourth-order valence-electron chi connectivity index (χ4n) is 5.34. The van der Waals surface area contributed by atoms with Crippen molar-refractivity contribution in [2.75, 3.05) is 0 Å². The second-order valence-corrected chi connectivity index (χ2v) is 10.3. The maximum atomic E-state index is 6.13. The summed E-state index contributed by atoms with van der Waals surface area (Å²) in [5, 5.41) is 2.18. The van der Waals surface area contributed by atoms with Crippen LogP contribution in [0.4, 0.5) is 0 Å². The number of oxazole rings is 1. The predicted octanol–water partition coefficient (Wildman–Crippen LogP) is 9.50. The van der Waals surface area contributed by atoms with Crippen LogP contribution in [0.3, 0.4) is 0 Å². The molecule has 0 amide bonds. The van der Waals surface area contributed by atoms with Gasteiger partial charge in [-0.25, -0.2) is 19.9 Å². The van der Waals surface area contributed by atoms with E-state index in [1.165, 1.54) is 0 Å². The zero-order chi connectivity index (χ0) is 28.6. The lowest BCUT2D eigenvalue weighted by molar-refractivity contribution is 0.620. The van der Waals surface area contributed by atoms with E-state index in [4.69, 9.17) is 24.4 Å². The van der Waals surface area contributed by atoms with Gasteiger partial charge in [-0.05, 0) is 40.8 Å². The van der Waals surface area contributed by atoms with Crippen LogP contribution < -0.4 is 0 Å². The van der Waals surface area contributed by atoms with Crippen molar-refractivity contribution < 1.29 is 4.42 Å². The van der Waals surface area contributed by atoms with Crippen LogP contribution in [0.25, 0.3) is 78.6 Å². The molecule has 8 rings (SSSR count). The second-order valence-electron chi connectivity index (χ2n) is 10.3. The number of nitrogens with zero attached hydrogens (tertiary/aromatic N) is 4. The van der Waals surface area contributed by atoms with Gasteiger partial charge in [0, 0.05) is 27.6 Å². The van der Waals surface area contributed by atoms with Gasteiger partial charge in [-0.1, -0.05) is 121 Å². The minimum atomic E-state index is 0.625. The molecule has 0 bridgehead atoms. The van der Waals surface area contributed by atoms with Crippen molar-refractivity contribution in [1.29, 1.82) is 0 Å². The highest BCUT2D eigenvalue weighted by Crippen LogP contribution is 2.33. The van der Waals surface area contributed by atoms with Crippen molar-refractivity contribution in [1.82, 2.24) is 19.9 Å². The smallest absolute Gasteiger partial charge is 0.227 e. The SMILES string of the molecule is c1ccc(-c2nc(-c3ccccc3)nc(-c3ccc(-c4ccc5ccc6oc(-c7ccccc7)nc6c5c4)cc3)n2)cc1. The molecule has 202 valence electrons. The third-order valence-electron chi connectivity index (χ3n) is 7.57. The van der Waals surface area contributed by atoms with Gasteiger partial charge in [0.25, 0.3) is 0 Å². The van der Waals surface area contributed by atoms with E-state index in [1.807, 2.05) is 97.1 Å². The second kappa shape index (κ2) is 10.5. The molecule has 0 N–H and O–H groups in total. The summed E-state index contributed by atoms with van der Waals surface area (Å²) in [6, 6.07) is 49.0. The van der Waals surface area contributed by atoms with E-state index in [9.17, 15) is 0 Å². The number of aromatic nitrogens is 4. The Kier molecular flexibility index (Phi) is 6.05. The molecule has 2 aromatic heterocycles. The summed E-state index contributed by atoms with van der Waals surface area (Å²) in [4.78, 5) is 19.4. The highest BCUT2D eigenvalue weighted by Gasteiger charge is 2.14. The maximum Gasteiger partial charge on any atom is 0.227 e. The molecule has 0 aliphatic heterocycles. The van der Waals surface area contributed by atoms with Crippen LogP contribution in [0.5, 0.6) is 0 Å². The van der Waals surface area contributed by atoms with Gasteiger partial charge in [-0.15, -0.1) is 0 Å². The third-order valence-corrected chi connectivity index (χ3v) is 7.57. The molecule has 5 nitrogen and oxygen atoms in total. The molecule has 0 spiro atoms. The number of hydrogen-bond donors (Lipinski definition) is 0. The summed E-state index contributed by atoms with van der Waals surface area (Å²) < 4.78 is 6.13. The number of fused-ring (bicyclic) bond motifs is 3. The Hall–Kier alpha value is -5.94. The quantitative estimate of drug-likeness (QED) is 0.213. The molecule has 0 unspecified atom stereocenters. The van der Waals surface area contributed by atoms with Crippen LogP contribution in [0.15, 0.2) is 150 Å². The van der Waals surface area contributed by atoms with Gasteiger partial charge in [0.1, 0.15) is 5.52 Å². The minimum Gasteiger partial charge on any atom is -0.436 e. The molecule has 0 saturated heterocycles. The fraction of sp³-hybridized carbons (Fsp3) is 0. The third kappa shape index (κ3) is 4.73. The molecule has 0 radical (unpaired) electrons. The summed E-state index contributed by atoms with van der Waals surface area (Å²) in [6.07, 6.45) is 0. The van der Waals surface area contributed by atoms with Crippen molar-refractivity contribution in [3.05, 3.63) is 146 Å². The van der Waals surface area contributed by atoms with Crippen LogP contribution in [0, 0.1) is 0 Å². The number of rotatable bonds is 5. The van der Waals surface area contributed by atoms with Gasteiger partial charge < -0.3 is 4.42 Å². The van der Waals surface area contributed by atoms with Crippen LogP contribution in [0.2, 0.25) is 0 Å². The molecule has 0 atom stereocenters. The zero-order valence-corrected chi connectivity index (χ0v) is 23.1. The molecule has 5 heteroatoms. The van der Waals surface area contributed by atoms with Crippen molar-refractivity contribution in [3.63, 3.8) is 0 Å². The van der Waals surface area contributed by atoms with Gasteiger partial charge in [0.05, 0.1) is 0 Å². The van der Waals surface area contributed by atoms with Crippen LogP contribution in [0.1, 0.15) is 0 Å². The van der Waals surface area contributed by atoms with Gasteiger partial charge >= 0.3 is 0 Å². The highest BCUT2D eigenvalue weighted by atomic mass is 16.3. The molecule has 0 fully saturated rings. The van der Waals surface area contributed by atoms with Crippen molar-refractivity contribution in [2.45, 2.75) is 0 Å². The molecule has 2 heterocycles. The van der Waals surface area contributed by atoms with Crippen LogP contribution >= 0.6 is 0 Å². The van der Waals surface area contributed by atoms with Gasteiger partial charge in [-0.3, -0.25) is 0 Å². The topological polar surface area (TPSA) is 64.7 Å². The lowest BCUT2D eigenvalue weighted by Gasteiger charge is -2.09. The molecular formula is C38H24N4O. The molecule has 43 heavy (non-hydrogen) atoms. The van der Waals surface area contributed by atoms with Crippen molar-refractivity contribution >= 4 is 21.9 Å². The Labute approximate surface area is 248 Å². The van der Waals surface area contributed by atoms with E-state index in [2.05, 4.69) is 48.5 Å². The van der Waals surface area contributed by atoms with E-state index in [1.54, 1.807) is 0 Å². The average Bonchev–Trinajstić information content (AvgIpc) is 3.54. The normalized spacial score (nSPS) is 11.3. The Morgan fingerprint density at radius 2 is 0.837 bits per heavy atom. The summed E-state index contributed by atoms with van der Waals surface area (Å²) in [6.45, 7) is 0. The predicted molar refractivity (Wildman–Crippen MR) is 172 cm³/mol. The average molecular weight is 553 g/mol. The fourth-order valence-corrected chi connectivity index (χ4v) is 5.34. The molecule has 0 aliphatic rings. The first kappa shape index (κ1) is 24.8. The van der Waals surface area contributed by atoms with E-state index < -0.39 is 0 Å². The summed E-state index contributed by atoms with van der Waals surface area (Å²) in [7, 11) is 0. The highest BCUT2D eigenvalue weighted by molar-refractivity contribution is 6.05. The summed E-state index contributed by atoms with van der Waals surface area (Å²) >= 11 is 0. The van der Waals surface area contributed by atoms with Gasteiger partial charge in [0.15, 0.2) is 23.1 Å². The zero-order valence-electron chi connectivity index (χ0n) is 23.1. The first-order valence-electron chi connectivity index (χ1n) is 14.1. The van der Waals surface area contributed by atoms with E-state index in [0.29, 0.717) is 23.4 Å². The van der Waals surface area contributed by atoms with Crippen LogP contribution in [-0.4, -0.2) is 19.9 Å². The first-order chi connectivity index (χ1) is 21.3. The van der Waals surface area contributed by atoms with Crippen molar-refractivity contribution in [3.8, 4) is 56.7 Å². The molecule has 0 aliphatic carbocycles. The number of benzene rings is 6. The van der Waals surface area contributed by atoms with E-state index >= 15 is 0 Å². The Morgan fingerprint density at radius 1 is 0.372 bits per heavy atom. The number of hydrogen-bond acceptors (Lipinski definition) is 5. The largest absolute Gasteiger partial charge is 0.436 e. The standard InChI is InChI=1S/C38H24N4O/c1-4-10-27(11-5-1)35-40-36(28-12-6-2-7-13-28)42-37(41-35)29-19-16-25(17-20-29)31-21-18-26-22-23-33-34(32(26)24-31)39-38(43-33)30-14-8-3-9-15-30/h1-24H. The minimum absolute atomic E-state index is 0.625. The first-order valence-corrected chi connectivity index (χ1v) is 14.1. The Morgan fingerprint density at radius 3 is 1.42 bits per heavy atom. The Bertz CT molecular complexity index is 2150. The van der Waals surface area contributed by atoms with Crippen molar-refractivity contribution in [2.24, 2.45) is 0 Å². The lowest BCUT2D eigenvalue weighted by Crippen LogP contribution is -2.00. The maximum absolute atomic E-state index is 6.13. The molecular weight excluding hydrogens is 528 g/mol. The lowest BCUT2D eigenvalue weighted by atomic mass is 9.99. The monoisotopic (exact) mass is 552 g/mol. The van der Waals surface area contributed by atoms with Crippen LogP contribution in [-0.2, 0) is 0 Å². The summed E-state index contributed by atoms with van der Waals surface area (Å²) in [5.41, 5.74) is 7.61. The summed E-state index contributed by atoms with van der Waals surface area (Å²) in [5.74, 6) is 2.56. The Balaban J connectivity index is 1.18. The van der Waals surface area contributed by atoms with Gasteiger partial charge in [-0.2, -0.15) is 0 Å². The molecule has 6 aromatic carbocycles.